The van der Waals surface area contributed by atoms with Gasteiger partial charge >= 0.3 is 0 Å². The number of aryl methyl sites for hydroxylation is 1. The molecule has 0 spiro atoms. The summed E-state index contributed by atoms with van der Waals surface area (Å²) in [7, 11) is 0. The van der Waals surface area contributed by atoms with Crippen LogP contribution in [0.4, 0.5) is 0 Å². The van der Waals surface area contributed by atoms with E-state index in [1.54, 1.807) is 11.3 Å². The Kier molecular flexibility index (Phi) is 7.06. The summed E-state index contributed by atoms with van der Waals surface area (Å²) in [5.41, 5.74) is 8.20. The second kappa shape index (κ2) is 10.8. The van der Waals surface area contributed by atoms with Gasteiger partial charge in [-0.15, -0.1) is 28.3 Å². The van der Waals surface area contributed by atoms with Crippen LogP contribution in [0.2, 0.25) is 0 Å². The summed E-state index contributed by atoms with van der Waals surface area (Å²) in [5.74, 6) is 0.996. The van der Waals surface area contributed by atoms with Crippen LogP contribution >= 0.6 is 28.3 Å². The monoisotopic (exact) mass is 581 g/mol. The van der Waals surface area contributed by atoms with E-state index in [1.807, 2.05) is 18.3 Å². The fourth-order valence-corrected chi connectivity index (χ4v) is 6.44. The number of halogens is 1. The highest BCUT2D eigenvalue weighted by Crippen LogP contribution is 2.35. The maximum absolute atomic E-state index is 4.89. The average Bonchev–Trinajstić information content (AvgIpc) is 3.57. The number of nitrogens with zero attached hydrogens (tertiary/aromatic N) is 4. The van der Waals surface area contributed by atoms with Crippen LogP contribution in [-0.2, 0) is 19.5 Å². The van der Waals surface area contributed by atoms with Gasteiger partial charge in [0.1, 0.15) is 10.8 Å². The van der Waals surface area contributed by atoms with Gasteiger partial charge in [-0.1, -0.05) is 54.6 Å². The van der Waals surface area contributed by atoms with E-state index in [0.717, 1.165) is 53.3 Å². The molecule has 0 saturated carbocycles. The van der Waals surface area contributed by atoms with Gasteiger partial charge in [0, 0.05) is 18.3 Å². The molecule has 1 aliphatic carbocycles. The Balaban J connectivity index is 0.00000264. The molecule has 0 aliphatic heterocycles. The third-order valence-corrected chi connectivity index (χ3v) is 8.36. The molecule has 3 aromatic carbocycles. The number of pyridine rings is 1. The van der Waals surface area contributed by atoms with Gasteiger partial charge in [-0.05, 0) is 60.7 Å². The Morgan fingerprint density at radius 3 is 2.50 bits per heavy atom. The molecule has 0 bridgehead atoms. The van der Waals surface area contributed by atoms with Gasteiger partial charge in [-0.2, -0.15) is 0 Å². The zero-order chi connectivity index (χ0) is 24.6. The van der Waals surface area contributed by atoms with E-state index in [4.69, 9.17) is 15.0 Å². The van der Waals surface area contributed by atoms with E-state index in [2.05, 4.69) is 82.7 Å². The van der Waals surface area contributed by atoms with Crippen LogP contribution in [0.25, 0.3) is 31.8 Å². The number of hydrogen-bond acceptors (Lipinski definition) is 5. The zero-order valence-electron chi connectivity index (χ0n) is 20.9. The number of nitrogens with one attached hydrogen (secondary N) is 1. The topological polar surface area (TPSA) is 57.7 Å². The normalized spacial score (nSPS) is 15.0. The van der Waals surface area contributed by atoms with Gasteiger partial charge in [0.15, 0.2) is 0 Å². The fraction of sp³-hybridized carbons (Fsp3) is 0.194. The number of thiazole rings is 1. The summed E-state index contributed by atoms with van der Waals surface area (Å²) in [6.45, 7) is 1.58. The number of benzene rings is 3. The van der Waals surface area contributed by atoms with E-state index in [1.165, 1.54) is 33.5 Å². The minimum atomic E-state index is 0. The smallest absolute Gasteiger partial charge is 0.124 e. The zero-order valence-corrected chi connectivity index (χ0v) is 23.4. The van der Waals surface area contributed by atoms with E-state index in [9.17, 15) is 0 Å². The van der Waals surface area contributed by atoms with Crippen LogP contribution < -0.4 is 0 Å². The highest BCUT2D eigenvalue weighted by atomic mass is 79.9. The highest BCUT2D eigenvalue weighted by Gasteiger charge is 2.28. The minimum absolute atomic E-state index is 0. The Morgan fingerprint density at radius 2 is 1.66 bits per heavy atom. The maximum atomic E-state index is 4.89. The Hall–Kier alpha value is -3.39. The Labute approximate surface area is 236 Å². The number of para-hydroxylation sites is 3. The molecule has 1 atom stereocenters. The van der Waals surface area contributed by atoms with E-state index >= 15 is 0 Å². The van der Waals surface area contributed by atoms with E-state index in [-0.39, 0.29) is 23.0 Å². The van der Waals surface area contributed by atoms with Crippen molar-refractivity contribution in [1.29, 1.82) is 0 Å². The lowest BCUT2D eigenvalue weighted by atomic mass is 9.90. The molecule has 7 heteroatoms. The van der Waals surface area contributed by atoms with Crippen molar-refractivity contribution in [1.82, 2.24) is 24.8 Å². The second-order valence-corrected chi connectivity index (χ2v) is 10.8. The molecule has 1 N–H and O–H groups in total. The van der Waals surface area contributed by atoms with Crippen molar-refractivity contribution in [2.24, 2.45) is 0 Å². The summed E-state index contributed by atoms with van der Waals surface area (Å²) < 4.78 is 1.22. The molecule has 0 radical (unpaired) electrons. The lowest BCUT2D eigenvalue weighted by Gasteiger charge is -2.34. The number of fused-ring (bicyclic) bond motifs is 3. The molecule has 7 rings (SSSR count). The second-order valence-electron chi connectivity index (χ2n) is 9.75. The third-order valence-electron chi connectivity index (χ3n) is 7.28. The van der Waals surface area contributed by atoms with Crippen molar-refractivity contribution in [2.45, 2.75) is 38.4 Å². The van der Waals surface area contributed by atoms with Crippen molar-refractivity contribution in [3.63, 3.8) is 0 Å². The van der Waals surface area contributed by atoms with Gasteiger partial charge in [-0.3, -0.25) is 9.88 Å². The number of imidazole rings is 1. The van der Waals surface area contributed by atoms with Crippen molar-refractivity contribution >= 4 is 49.6 Å². The van der Waals surface area contributed by atoms with Gasteiger partial charge in [0.2, 0.25) is 0 Å². The molecule has 0 fully saturated rings. The molecule has 1 unspecified atom stereocenters. The first-order valence-corrected chi connectivity index (χ1v) is 13.7. The van der Waals surface area contributed by atoms with Crippen LogP contribution in [0.1, 0.15) is 41.5 Å². The summed E-state index contributed by atoms with van der Waals surface area (Å²) in [5, 5.41) is 1.07. The minimum Gasteiger partial charge on any atom is -0.341 e. The first kappa shape index (κ1) is 24.9. The van der Waals surface area contributed by atoms with Crippen LogP contribution in [0.5, 0.6) is 0 Å². The lowest BCUT2D eigenvalue weighted by molar-refractivity contribution is 0.153. The summed E-state index contributed by atoms with van der Waals surface area (Å²) in [6.07, 6.45) is 5.32. The molecule has 0 amide bonds. The molecule has 190 valence electrons. The first-order chi connectivity index (χ1) is 18.3. The number of rotatable bonds is 6. The maximum Gasteiger partial charge on any atom is 0.124 e. The van der Waals surface area contributed by atoms with Crippen molar-refractivity contribution in [3.05, 3.63) is 114 Å². The molecule has 6 aromatic rings. The summed E-state index contributed by atoms with van der Waals surface area (Å²) >= 11 is 1.75. The summed E-state index contributed by atoms with van der Waals surface area (Å²) in [4.78, 5) is 20.6. The van der Waals surface area contributed by atoms with Crippen molar-refractivity contribution in [3.8, 4) is 10.6 Å². The fourth-order valence-electron chi connectivity index (χ4n) is 5.47. The molecule has 3 heterocycles. The first-order valence-electron chi connectivity index (χ1n) is 12.9. The Bertz CT molecular complexity index is 1620. The van der Waals surface area contributed by atoms with E-state index in [0.29, 0.717) is 0 Å². The third kappa shape index (κ3) is 4.89. The number of aromatic amines is 1. The predicted octanol–water partition coefficient (Wildman–Crippen LogP) is 7.89. The Morgan fingerprint density at radius 1 is 0.842 bits per heavy atom. The summed E-state index contributed by atoms with van der Waals surface area (Å²) in [6, 6.07) is 30.1. The molecule has 0 saturated heterocycles. The molecular weight excluding hydrogens is 554 g/mol. The van der Waals surface area contributed by atoms with Gasteiger partial charge in [-0.25, -0.2) is 9.97 Å². The standard InChI is InChI=1S/C31H27N5S.BrH/c1-2-10-25-24(9-1)33-29(34-25)20-36(27-12-5-7-22-8-6-18-32-30(22)27)19-21-14-16-23(17-15-21)31-35-26-11-3-4-13-28(26)37-31;/h1-4,6,8-11,13-18,27H,5,7,12,19-20H2,(H,33,34);1H. The number of aromatic nitrogens is 4. The van der Waals surface area contributed by atoms with E-state index < -0.39 is 0 Å². The van der Waals surface area contributed by atoms with Crippen molar-refractivity contribution < 1.29 is 0 Å². The molecular formula is C31H28BrN5S. The predicted molar refractivity (Wildman–Crippen MR) is 161 cm³/mol. The molecule has 3 aromatic heterocycles. The van der Waals surface area contributed by atoms with Gasteiger partial charge < -0.3 is 4.98 Å². The highest BCUT2D eigenvalue weighted by molar-refractivity contribution is 8.93. The SMILES string of the molecule is Br.c1cnc2c(c1)CCCC2N(Cc1ccc(-c2nc3ccccc3s2)cc1)Cc1nc2ccccc2[nH]1. The van der Waals surface area contributed by atoms with Crippen LogP contribution in [0.15, 0.2) is 91.1 Å². The van der Waals surface area contributed by atoms with Crippen LogP contribution in [-0.4, -0.2) is 24.8 Å². The van der Waals surface area contributed by atoms with Crippen LogP contribution in [0, 0.1) is 0 Å². The number of H-pyrrole nitrogens is 1. The molecule has 1 aliphatic rings. The largest absolute Gasteiger partial charge is 0.341 e. The van der Waals surface area contributed by atoms with Crippen LogP contribution in [0.3, 0.4) is 0 Å². The molecule has 38 heavy (non-hydrogen) atoms. The van der Waals surface area contributed by atoms with Gasteiger partial charge in [0.05, 0.1) is 39.5 Å². The lowest BCUT2D eigenvalue weighted by Crippen LogP contribution is -2.31. The van der Waals surface area contributed by atoms with Crippen molar-refractivity contribution in [2.75, 3.05) is 0 Å². The molecule has 5 nitrogen and oxygen atoms in total. The number of hydrogen-bond donors (Lipinski definition) is 1. The average molecular weight is 583 g/mol. The van der Waals surface area contributed by atoms with Gasteiger partial charge in [0.25, 0.3) is 0 Å². The quantitative estimate of drug-likeness (QED) is 0.217.